The molecule has 0 amide bonds. The van der Waals surface area contributed by atoms with Crippen molar-refractivity contribution in [3.8, 4) is 0 Å². The molecule has 2 nitrogen and oxygen atoms in total. The highest BCUT2D eigenvalue weighted by molar-refractivity contribution is 7.80. The number of anilines is 2. The first-order valence-electron chi connectivity index (χ1n) is 10.6. The number of hydrogen-bond donors (Lipinski definition) is 4. The number of rotatable bonds is 4. The fraction of sp³-hybridized carbons (Fsp3) is 0.231. The second-order valence-electron chi connectivity index (χ2n) is 8.20. The summed E-state index contributed by atoms with van der Waals surface area (Å²) in [5.41, 5.74) is 2.33. The molecule has 1 aliphatic rings. The van der Waals surface area contributed by atoms with Crippen LogP contribution in [0, 0.1) is 0 Å². The molecule has 0 bridgehead atoms. The van der Waals surface area contributed by atoms with Crippen LogP contribution in [0.2, 0.25) is 0 Å². The molecule has 152 valence electrons. The fourth-order valence-corrected chi connectivity index (χ4v) is 5.13. The Kier molecular flexibility index (Phi) is 5.53. The highest BCUT2D eigenvalue weighted by Crippen LogP contribution is 2.35. The van der Waals surface area contributed by atoms with Gasteiger partial charge in [-0.25, -0.2) is 0 Å². The minimum atomic E-state index is 0.475. The summed E-state index contributed by atoms with van der Waals surface area (Å²) in [7, 11) is 0. The van der Waals surface area contributed by atoms with E-state index >= 15 is 0 Å². The second kappa shape index (κ2) is 8.44. The van der Waals surface area contributed by atoms with Crippen molar-refractivity contribution in [1.82, 2.24) is 0 Å². The molecular formula is C26H26N2S2. The van der Waals surface area contributed by atoms with E-state index in [0.29, 0.717) is 12.1 Å². The molecule has 0 spiro atoms. The molecule has 2 N–H and O–H groups in total. The topological polar surface area (TPSA) is 24.1 Å². The van der Waals surface area contributed by atoms with E-state index in [4.69, 9.17) is 25.3 Å². The van der Waals surface area contributed by atoms with Crippen LogP contribution >= 0.6 is 25.3 Å². The Hall–Kier alpha value is -2.30. The van der Waals surface area contributed by atoms with E-state index in [2.05, 4.69) is 83.4 Å². The molecule has 5 rings (SSSR count). The van der Waals surface area contributed by atoms with Crippen LogP contribution in [0.15, 0.2) is 82.6 Å². The largest absolute Gasteiger partial charge is 0.381 e. The summed E-state index contributed by atoms with van der Waals surface area (Å²) < 4.78 is 0. The van der Waals surface area contributed by atoms with Crippen molar-refractivity contribution in [2.24, 2.45) is 0 Å². The third kappa shape index (κ3) is 3.86. The lowest BCUT2D eigenvalue weighted by Crippen LogP contribution is -2.32. The Morgan fingerprint density at radius 1 is 0.533 bits per heavy atom. The molecule has 1 saturated carbocycles. The van der Waals surface area contributed by atoms with Gasteiger partial charge in [0.2, 0.25) is 0 Å². The first-order chi connectivity index (χ1) is 14.7. The molecule has 0 saturated heterocycles. The summed E-state index contributed by atoms with van der Waals surface area (Å²) in [6.07, 6.45) is 4.56. The molecule has 4 aromatic rings. The summed E-state index contributed by atoms with van der Waals surface area (Å²) in [5, 5.41) is 12.6. The van der Waals surface area contributed by atoms with Gasteiger partial charge >= 0.3 is 0 Å². The highest BCUT2D eigenvalue weighted by Gasteiger charge is 2.23. The van der Waals surface area contributed by atoms with Gasteiger partial charge in [0.25, 0.3) is 0 Å². The predicted octanol–water partition coefficient (Wildman–Crippen LogP) is 7.41. The Balaban J connectivity index is 1.29. The Morgan fingerprint density at radius 3 is 1.37 bits per heavy atom. The number of fused-ring (bicyclic) bond motifs is 2. The van der Waals surface area contributed by atoms with Crippen molar-refractivity contribution in [2.45, 2.75) is 47.6 Å². The Bertz CT molecular complexity index is 1100. The van der Waals surface area contributed by atoms with Crippen molar-refractivity contribution >= 4 is 58.2 Å². The summed E-state index contributed by atoms with van der Waals surface area (Å²) in [4.78, 5) is 2.04. The van der Waals surface area contributed by atoms with Gasteiger partial charge in [0.1, 0.15) is 0 Å². The van der Waals surface area contributed by atoms with Gasteiger partial charge in [-0.2, -0.15) is 0 Å². The van der Waals surface area contributed by atoms with Crippen LogP contribution in [-0.2, 0) is 0 Å². The summed E-state index contributed by atoms with van der Waals surface area (Å²) >= 11 is 9.44. The van der Waals surface area contributed by atoms with Gasteiger partial charge in [-0.05, 0) is 48.6 Å². The normalized spacial score (nSPS) is 19.1. The standard InChI is InChI=1S/C26H26N2S2/c29-23-15-9-17-5-1-3-7-21(17)25(23)27-19-11-13-20(14-12-19)28-26-22-8-4-2-6-18(22)10-16-24(26)30/h1-10,15-16,19-20,27-30H,11-14H2. The summed E-state index contributed by atoms with van der Waals surface area (Å²) in [6, 6.07) is 26.5. The molecule has 30 heavy (non-hydrogen) atoms. The van der Waals surface area contributed by atoms with Crippen LogP contribution in [0.1, 0.15) is 25.7 Å². The highest BCUT2D eigenvalue weighted by atomic mass is 32.1. The molecule has 4 aromatic carbocycles. The van der Waals surface area contributed by atoms with E-state index in [9.17, 15) is 0 Å². The average Bonchev–Trinajstić information content (AvgIpc) is 2.79. The summed E-state index contributed by atoms with van der Waals surface area (Å²) in [6.45, 7) is 0. The smallest absolute Gasteiger partial charge is 0.0557 e. The molecule has 0 heterocycles. The van der Waals surface area contributed by atoms with Gasteiger partial charge in [-0.3, -0.25) is 0 Å². The van der Waals surface area contributed by atoms with Gasteiger partial charge in [-0.15, -0.1) is 25.3 Å². The molecule has 4 heteroatoms. The number of nitrogens with one attached hydrogen (secondary N) is 2. The van der Waals surface area contributed by atoms with E-state index in [1.807, 2.05) is 0 Å². The minimum Gasteiger partial charge on any atom is -0.381 e. The van der Waals surface area contributed by atoms with Gasteiger partial charge in [0, 0.05) is 32.6 Å². The van der Waals surface area contributed by atoms with Crippen molar-refractivity contribution in [1.29, 1.82) is 0 Å². The van der Waals surface area contributed by atoms with Crippen LogP contribution in [0.3, 0.4) is 0 Å². The third-order valence-corrected chi connectivity index (χ3v) is 6.98. The fourth-order valence-electron chi connectivity index (χ4n) is 4.61. The van der Waals surface area contributed by atoms with Crippen LogP contribution in [0.25, 0.3) is 21.5 Å². The van der Waals surface area contributed by atoms with Crippen LogP contribution in [0.5, 0.6) is 0 Å². The van der Waals surface area contributed by atoms with Crippen LogP contribution < -0.4 is 10.6 Å². The lowest BCUT2D eigenvalue weighted by molar-refractivity contribution is 0.428. The molecule has 0 aromatic heterocycles. The zero-order valence-electron chi connectivity index (χ0n) is 16.8. The Labute approximate surface area is 188 Å². The lowest BCUT2D eigenvalue weighted by Gasteiger charge is -2.32. The zero-order chi connectivity index (χ0) is 20.5. The molecule has 0 atom stereocenters. The van der Waals surface area contributed by atoms with Gasteiger partial charge in [0.05, 0.1) is 11.4 Å². The van der Waals surface area contributed by atoms with Crippen molar-refractivity contribution in [3.63, 3.8) is 0 Å². The van der Waals surface area contributed by atoms with Crippen molar-refractivity contribution < 1.29 is 0 Å². The molecule has 0 unspecified atom stereocenters. The monoisotopic (exact) mass is 430 g/mol. The van der Waals surface area contributed by atoms with Crippen LogP contribution in [-0.4, -0.2) is 12.1 Å². The maximum absolute atomic E-state index is 4.72. The molecular weight excluding hydrogens is 404 g/mol. The first-order valence-corrected chi connectivity index (χ1v) is 11.5. The zero-order valence-corrected chi connectivity index (χ0v) is 18.6. The number of benzene rings is 4. The molecule has 1 aliphatic carbocycles. The average molecular weight is 431 g/mol. The maximum atomic E-state index is 4.72. The number of hydrogen-bond acceptors (Lipinski definition) is 4. The predicted molar refractivity (Wildman–Crippen MR) is 136 cm³/mol. The van der Waals surface area contributed by atoms with E-state index in [1.165, 1.54) is 32.9 Å². The molecule has 0 aliphatic heterocycles. The molecule has 1 fully saturated rings. The second-order valence-corrected chi connectivity index (χ2v) is 9.16. The number of thiol groups is 2. The van der Waals surface area contributed by atoms with Gasteiger partial charge < -0.3 is 10.6 Å². The quantitative estimate of drug-likeness (QED) is 0.253. The van der Waals surface area contributed by atoms with Crippen molar-refractivity contribution in [2.75, 3.05) is 10.6 Å². The third-order valence-electron chi connectivity index (χ3n) is 6.24. The molecule has 0 radical (unpaired) electrons. The lowest BCUT2D eigenvalue weighted by atomic mass is 9.90. The van der Waals surface area contributed by atoms with Gasteiger partial charge in [0.15, 0.2) is 0 Å². The van der Waals surface area contributed by atoms with Crippen molar-refractivity contribution in [3.05, 3.63) is 72.8 Å². The van der Waals surface area contributed by atoms with Gasteiger partial charge in [-0.1, -0.05) is 60.7 Å². The van der Waals surface area contributed by atoms with Crippen LogP contribution in [0.4, 0.5) is 11.4 Å². The minimum absolute atomic E-state index is 0.475. The maximum Gasteiger partial charge on any atom is 0.0557 e. The first kappa shape index (κ1) is 19.7. The van der Waals surface area contributed by atoms with E-state index < -0.39 is 0 Å². The van der Waals surface area contributed by atoms with E-state index in [-0.39, 0.29) is 0 Å². The Morgan fingerprint density at radius 2 is 0.933 bits per heavy atom. The van der Waals surface area contributed by atoms with E-state index in [0.717, 1.165) is 35.5 Å². The van der Waals surface area contributed by atoms with E-state index in [1.54, 1.807) is 0 Å². The summed E-state index contributed by atoms with van der Waals surface area (Å²) in [5.74, 6) is 0. The SMILES string of the molecule is Sc1ccc2ccccc2c1NC1CCC(Nc2c(S)ccc3ccccc23)CC1.